The number of hydrogen-bond acceptors (Lipinski definition) is 3. The Labute approximate surface area is 90.5 Å². The summed E-state index contributed by atoms with van der Waals surface area (Å²) in [5.74, 6) is 0.735. The monoisotopic (exact) mass is 256 g/mol. The lowest BCUT2D eigenvalue weighted by atomic mass is 10.2. The van der Waals surface area contributed by atoms with Gasteiger partial charge in [0.05, 0.1) is 11.6 Å². The molecule has 8 heteroatoms. The molecule has 15 heavy (non-hydrogen) atoms. The molecule has 1 aromatic heterocycles. The first-order valence-electron chi connectivity index (χ1n) is 4.03. The van der Waals surface area contributed by atoms with Gasteiger partial charge in [-0.25, -0.2) is 0 Å². The number of hydrogen-bond donors (Lipinski definition) is 2. The largest absolute Gasteiger partial charge is 0.416 e. The number of benzene rings is 1. The van der Waals surface area contributed by atoms with Gasteiger partial charge < -0.3 is 9.03 Å². The fraction of sp³-hybridized carbons (Fsp3) is 0. The fourth-order valence-electron chi connectivity index (χ4n) is 0.914. The summed E-state index contributed by atoms with van der Waals surface area (Å²) in [5.41, 5.74) is 0.630. The standard InChI is InChI=1S/C7H7N4OP3/c8-5-6-1-3-7(4-2-6)12-15-10-13-9-14-11-15/h1-4,10,13H,(H,9,11). The van der Waals surface area contributed by atoms with Crippen LogP contribution in [0.4, 0.5) is 0 Å². The number of aromatic nitrogens is 3. The lowest BCUT2D eigenvalue weighted by Gasteiger charge is -2.02. The molecule has 2 rings (SSSR count). The second kappa shape index (κ2) is 5.05. The summed E-state index contributed by atoms with van der Waals surface area (Å²) in [7, 11) is 0.401. The average Bonchev–Trinajstić information content (AvgIpc) is 2.31. The molecule has 0 saturated heterocycles. The number of aromatic amines is 2. The summed E-state index contributed by atoms with van der Waals surface area (Å²) >= 11 is 0. The summed E-state index contributed by atoms with van der Waals surface area (Å²) in [6.07, 6.45) is 0. The Hall–Kier alpha value is -1.19. The van der Waals surface area contributed by atoms with E-state index in [9.17, 15) is 0 Å². The van der Waals surface area contributed by atoms with Crippen LogP contribution in [-0.2, 0) is 0 Å². The highest BCUT2D eigenvalue weighted by molar-refractivity contribution is 7.50. The van der Waals surface area contributed by atoms with Gasteiger partial charge >= 0.3 is 0 Å². The zero-order valence-corrected chi connectivity index (χ0v) is 10.3. The Balaban J connectivity index is 2.16. The van der Waals surface area contributed by atoms with Gasteiger partial charge in [0.25, 0.3) is 8.08 Å². The maximum absolute atomic E-state index is 8.62. The van der Waals surface area contributed by atoms with Crippen LogP contribution in [-0.4, -0.2) is 13.5 Å². The average molecular weight is 256 g/mol. The van der Waals surface area contributed by atoms with E-state index >= 15 is 0 Å². The fourth-order valence-corrected chi connectivity index (χ4v) is 4.28. The van der Waals surface area contributed by atoms with Gasteiger partial charge in [-0.15, -0.1) is 4.51 Å². The molecule has 2 aromatic rings. The molecule has 0 spiro atoms. The second-order valence-electron chi connectivity index (χ2n) is 2.54. The van der Waals surface area contributed by atoms with Crippen LogP contribution >= 0.6 is 25.1 Å². The first kappa shape index (κ1) is 10.3. The minimum atomic E-state index is -0.932. The van der Waals surface area contributed by atoms with Crippen LogP contribution in [0.2, 0.25) is 0 Å². The van der Waals surface area contributed by atoms with Crippen LogP contribution in [0.25, 0.3) is 0 Å². The predicted octanol–water partition coefficient (Wildman–Crippen LogP) is 3.17. The van der Waals surface area contributed by atoms with E-state index in [0.717, 1.165) is 14.3 Å². The summed E-state index contributed by atoms with van der Waals surface area (Å²) in [6.45, 7) is 0. The summed E-state index contributed by atoms with van der Waals surface area (Å²) in [4.78, 5) is 0. The Bertz CT molecular complexity index is 484. The van der Waals surface area contributed by atoms with E-state index in [1.807, 2.05) is 0 Å². The number of nitrogens with one attached hydrogen (secondary N) is 2. The Morgan fingerprint density at radius 3 is 2.87 bits per heavy atom. The second-order valence-corrected chi connectivity index (χ2v) is 6.22. The van der Waals surface area contributed by atoms with Crippen molar-refractivity contribution >= 4 is 25.1 Å². The molecule has 0 aliphatic rings. The third-order valence-corrected chi connectivity index (χ3v) is 5.01. The van der Waals surface area contributed by atoms with Crippen LogP contribution in [0, 0.1) is 11.3 Å². The van der Waals surface area contributed by atoms with Crippen molar-refractivity contribution < 1.29 is 4.52 Å². The zero-order valence-electron chi connectivity index (χ0n) is 7.51. The minimum absolute atomic E-state index is 0.477. The molecule has 0 amide bonds. The van der Waals surface area contributed by atoms with Crippen molar-refractivity contribution in [2.45, 2.75) is 0 Å². The maximum atomic E-state index is 8.62. The summed E-state index contributed by atoms with van der Waals surface area (Å²) < 4.78 is 15.9. The van der Waals surface area contributed by atoms with E-state index in [0.29, 0.717) is 14.1 Å². The topological polar surface area (TPSA) is 77.5 Å². The predicted molar refractivity (Wildman–Crippen MR) is 62.5 cm³/mol. The molecule has 2 atom stereocenters. The van der Waals surface area contributed by atoms with Crippen molar-refractivity contribution in [3.8, 4) is 11.8 Å². The molecule has 0 fully saturated rings. The van der Waals surface area contributed by atoms with Crippen LogP contribution in [0.15, 0.2) is 24.3 Å². The third-order valence-electron chi connectivity index (χ3n) is 1.56. The third kappa shape index (κ3) is 2.88. The number of rotatable bonds is 2. The Morgan fingerprint density at radius 2 is 2.27 bits per heavy atom. The van der Waals surface area contributed by atoms with Crippen molar-refractivity contribution in [2.24, 2.45) is 0 Å². The van der Waals surface area contributed by atoms with Gasteiger partial charge in [-0.1, -0.05) is 0 Å². The molecule has 2 N–H and O–H groups in total. The minimum Gasteiger partial charge on any atom is -0.416 e. The molecule has 0 bridgehead atoms. The molecule has 0 aliphatic heterocycles. The number of H-pyrrole nitrogens is 2. The maximum Gasteiger partial charge on any atom is 0.263 e. The van der Waals surface area contributed by atoms with Crippen molar-refractivity contribution in [3.05, 3.63) is 29.8 Å². The van der Waals surface area contributed by atoms with E-state index in [2.05, 4.69) is 19.6 Å². The molecular weight excluding hydrogens is 249 g/mol. The van der Waals surface area contributed by atoms with Gasteiger partial charge in [0.15, 0.2) is 0 Å². The van der Waals surface area contributed by atoms with Crippen LogP contribution in [0.1, 0.15) is 5.56 Å². The first-order chi connectivity index (χ1) is 7.38. The lowest BCUT2D eigenvalue weighted by Crippen LogP contribution is -1.82. The SMILES string of the molecule is N#Cc1ccc(Op2np[nH][pH][nH]2)cc1. The highest BCUT2D eigenvalue weighted by atomic mass is 31.2. The van der Waals surface area contributed by atoms with Crippen molar-refractivity contribution in [3.63, 3.8) is 0 Å². The normalized spacial score (nSPS) is 11.5. The molecule has 2 unspecified atom stereocenters. The first-order valence-corrected chi connectivity index (χ1v) is 7.09. The molecule has 0 aliphatic carbocycles. The number of nitrogens with zero attached hydrogens (tertiary/aromatic N) is 2. The molecular formula is C7H7N4OP3. The summed E-state index contributed by atoms with van der Waals surface area (Å²) in [6, 6.07) is 9.07. The van der Waals surface area contributed by atoms with Crippen LogP contribution in [0.3, 0.4) is 0 Å². The van der Waals surface area contributed by atoms with E-state index in [4.69, 9.17) is 9.79 Å². The zero-order chi connectivity index (χ0) is 10.5. The van der Waals surface area contributed by atoms with Gasteiger partial charge in [0, 0.05) is 8.51 Å². The van der Waals surface area contributed by atoms with E-state index in [1.165, 1.54) is 0 Å². The van der Waals surface area contributed by atoms with E-state index < -0.39 is 8.08 Å². The highest BCUT2D eigenvalue weighted by Crippen LogP contribution is 2.26. The molecule has 0 saturated carbocycles. The van der Waals surface area contributed by atoms with Gasteiger partial charge in [0.1, 0.15) is 14.3 Å². The Kier molecular flexibility index (Phi) is 3.48. The van der Waals surface area contributed by atoms with E-state index in [1.54, 1.807) is 24.3 Å². The molecule has 1 aromatic carbocycles. The lowest BCUT2D eigenvalue weighted by molar-refractivity contribution is 0.624. The highest BCUT2D eigenvalue weighted by Gasteiger charge is 1.97. The summed E-state index contributed by atoms with van der Waals surface area (Å²) in [5, 5.41) is 8.62. The smallest absolute Gasteiger partial charge is 0.263 e. The van der Waals surface area contributed by atoms with Crippen LogP contribution < -0.4 is 4.52 Å². The van der Waals surface area contributed by atoms with Gasteiger partial charge in [-0.05, 0) is 24.3 Å². The van der Waals surface area contributed by atoms with Gasteiger partial charge in [0.2, 0.25) is 0 Å². The number of nitriles is 1. The van der Waals surface area contributed by atoms with Crippen LogP contribution in [0.5, 0.6) is 5.75 Å². The Morgan fingerprint density at radius 1 is 1.47 bits per heavy atom. The molecule has 1 heterocycles. The van der Waals surface area contributed by atoms with Gasteiger partial charge in [-0.2, -0.15) is 5.26 Å². The molecule has 5 nitrogen and oxygen atoms in total. The van der Waals surface area contributed by atoms with E-state index in [-0.39, 0.29) is 0 Å². The quantitative estimate of drug-likeness (QED) is 0.866. The van der Waals surface area contributed by atoms with Crippen molar-refractivity contribution in [1.82, 2.24) is 13.5 Å². The molecule has 76 valence electrons. The van der Waals surface area contributed by atoms with Gasteiger partial charge in [-0.3, -0.25) is 4.51 Å². The van der Waals surface area contributed by atoms with Crippen molar-refractivity contribution in [2.75, 3.05) is 0 Å². The molecule has 0 radical (unpaired) electrons. The van der Waals surface area contributed by atoms with Crippen molar-refractivity contribution in [1.29, 1.82) is 5.26 Å².